The fourth-order valence-electron chi connectivity index (χ4n) is 6.73. The summed E-state index contributed by atoms with van der Waals surface area (Å²) in [7, 11) is 0. The molecule has 1 aliphatic carbocycles. The summed E-state index contributed by atoms with van der Waals surface area (Å²) in [6.45, 7) is 4.38. The van der Waals surface area contributed by atoms with Crippen molar-refractivity contribution in [3.63, 3.8) is 0 Å². The van der Waals surface area contributed by atoms with E-state index >= 15 is 0 Å². The molecule has 0 radical (unpaired) electrons. The van der Waals surface area contributed by atoms with Crippen LogP contribution >= 0.6 is 0 Å². The predicted molar refractivity (Wildman–Crippen MR) is 174 cm³/mol. The van der Waals surface area contributed by atoms with Gasteiger partial charge in [-0.15, -0.1) is 0 Å². The van der Waals surface area contributed by atoms with Crippen LogP contribution in [0.2, 0.25) is 0 Å². The van der Waals surface area contributed by atoms with Gasteiger partial charge in [0.2, 0.25) is 0 Å². The third-order valence-corrected chi connectivity index (χ3v) is 9.99. The van der Waals surface area contributed by atoms with Gasteiger partial charge in [-0.1, -0.05) is 39.0 Å². The van der Waals surface area contributed by atoms with E-state index in [1.54, 1.807) is 0 Å². The molecule has 0 aliphatic heterocycles. The molecule has 0 amide bonds. The summed E-state index contributed by atoms with van der Waals surface area (Å²) >= 11 is 2.17. The van der Waals surface area contributed by atoms with Crippen LogP contribution < -0.4 is 4.74 Å². The van der Waals surface area contributed by atoms with E-state index in [2.05, 4.69) is 110 Å². The number of hydrogen-bond acceptors (Lipinski definition) is 2. The Balaban J connectivity index is 1.21. The molecule has 1 unspecified atom stereocenters. The van der Waals surface area contributed by atoms with Crippen molar-refractivity contribution in [2.75, 3.05) is 0 Å². The number of ether oxygens (including phenoxy) is 1. The SMILES string of the molecule is [2H]C([2H])([2H])n1[c](=[Pt])n(C2CCc3ccc(Oc4ccc5c6ccccc6n(-c6cc(C(C)(C)C)ccn6)c5c4)cc32)c2ccccc21. The standard InChI is InChI=1S/C38H34N4O.Pt/c1-38(2,3)26-19-20-39-37(21-26)42-33-10-6-5-9-29(33)30-17-16-28(23-36(30)42)43-27-15-13-25-14-18-32(31(25)22-27)41-24-40(4)34-11-7-8-12-35(34)41;/h5-13,15-17,19-23,32H,14,18H2,1-4H3;/i4D3;. The number of nitrogens with zero attached hydrogens (tertiary/aromatic N) is 4. The van der Waals surface area contributed by atoms with Gasteiger partial charge in [0.15, 0.2) is 0 Å². The molecule has 0 bridgehead atoms. The van der Waals surface area contributed by atoms with Crippen LogP contribution in [-0.4, -0.2) is 18.7 Å². The normalized spacial score (nSPS) is 16.3. The zero-order valence-electron chi connectivity index (χ0n) is 27.8. The van der Waals surface area contributed by atoms with Gasteiger partial charge in [-0.3, -0.25) is 0 Å². The summed E-state index contributed by atoms with van der Waals surface area (Å²) in [5.41, 5.74) is 7.40. The maximum atomic E-state index is 8.24. The van der Waals surface area contributed by atoms with E-state index in [1.807, 2.05) is 42.6 Å². The van der Waals surface area contributed by atoms with Crippen LogP contribution in [0.5, 0.6) is 11.5 Å². The first-order valence-electron chi connectivity index (χ1n) is 16.5. The van der Waals surface area contributed by atoms with Crippen LogP contribution in [0.4, 0.5) is 0 Å². The fourth-order valence-corrected chi connectivity index (χ4v) is 7.63. The van der Waals surface area contributed by atoms with Gasteiger partial charge in [-0.2, -0.15) is 0 Å². The van der Waals surface area contributed by atoms with Crippen LogP contribution in [0.25, 0.3) is 38.7 Å². The second kappa shape index (κ2) is 10.2. The number of fused-ring (bicyclic) bond motifs is 5. The van der Waals surface area contributed by atoms with E-state index in [9.17, 15) is 0 Å². The summed E-state index contributed by atoms with van der Waals surface area (Å²) in [4.78, 5) is 4.81. The van der Waals surface area contributed by atoms with Crippen LogP contribution in [-0.2, 0) is 38.2 Å². The molecule has 0 saturated carbocycles. The van der Waals surface area contributed by atoms with Crippen molar-refractivity contribution in [2.45, 2.75) is 45.1 Å². The van der Waals surface area contributed by atoms with Crippen molar-refractivity contribution in [3.8, 4) is 17.3 Å². The molecule has 3 aromatic heterocycles. The molecule has 4 aromatic carbocycles. The first-order valence-corrected chi connectivity index (χ1v) is 16.1. The molecular weight excluding hydrogens is 724 g/mol. The summed E-state index contributed by atoms with van der Waals surface area (Å²) < 4.78 is 37.9. The molecule has 222 valence electrons. The molecule has 0 spiro atoms. The molecule has 0 N–H and O–H groups in total. The molecule has 3 heterocycles. The molecule has 1 atom stereocenters. The van der Waals surface area contributed by atoms with Gasteiger partial charge in [-0.25, -0.2) is 4.98 Å². The average Bonchev–Trinajstić information content (AvgIpc) is 3.69. The molecule has 44 heavy (non-hydrogen) atoms. The van der Waals surface area contributed by atoms with Crippen molar-refractivity contribution in [3.05, 3.63) is 124 Å². The van der Waals surface area contributed by atoms with Crippen molar-refractivity contribution < 1.29 is 28.2 Å². The van der Waals surface area contributed by atoms with Crippen molar-refractivity contribution in [1.29, 1.82) is 0 Å². The van der Waals surface area contributed by atoms with Crippen LogP contribution in [0.1, 0.15) is 54.0 Å². The van der Waals surface area contributed by atoms with Gasteiger partial charge in [0.05, 0.1) is 0 Å². The molecule has 7 aromatic rings. The fraction of sp³-hybridized carbons (Fsp3) is 0.211. The zero-order chi connectivity index (χ0) is 32.7. The van der Waals surface area contributed by atoms with E-state index < -0.39 is 6.98 Å². The molecule has 1 aliphatic rings. The summed E-state index contributed by atoms with van der Waals surface area (Å²) in [5, 5.41) is 2.31. The topological polar surface area (TPSA) is 36.9 Å². The number of hydrogen-bond donors (Lipinski definition) is 0. The average molecular weight is 761 g/mol. The number of para-hydroxylation sites is 3. The molecule has 6 heteroatoms. The Morgan fingerprint density at radius 1 is 0.818 bits per heavy atom. The number of rotatable bonds is 4. The van der Waals surface area contributed by atoms with E-state index in [0.29, 0.717) is 9.32 Å². The quantitative estimate of drug-likeness (QED) is 0.180. The Hall–Kier alpha value is -4.21. The second-order valence-electron chi connectivity index (χ2n) is 12.6. The number of benzene rings is 4. The maximum absolute atomic E-state index is 8.24. The Morgan fingerprint density at radius 2 is 1.55 bits per heavy atom. The zero-order valence-corrected chi connectivity index (χ0v) is 27.1. The van der Waals surface area contributed by atoms with Crippen molar-refractivity contribution in [2.24, 2.45) is 6.98 Å². The summed E-state index contributed by atoms with van der Waals surface area (Å²) in [5.74, 6) is 2.37. The number of aromatic nitrogens is 4. The van der Waals surface area contributed by atoms with Crippen LogP contribution in [0.3, 0.4) is 0 Å². The Bertz CT molecular complexity index is 2410. The minimum absolute atomic E-state index is 0.000674. The van der Waals surface area contributed by atoms with Gasteiger partial charge in [0.25, 0.3) is 0 Å². The molecule has 5 nitrogen and oxygen atoms in total. The Labute approximate surface area is 272 Å². The third kappa shape index (κ3) is 4.32. The number of aryl methyl sites for hydroxylation is 2. The van der Waals surface area contributed by atoms with Crippen LogP contribution in [0.15, 0.2) is 103 Å². The summed E-state index contributed by atoms with van der Waals surface area (Å²) in [6, 6.07) is 33.1. The van der Waals surface area contributed by atoms with E-state index in [1.165, 1.54) is 21.1 Å². The van der Waals surface area contributed by atoms with E-state index in [-0.39, 0.29) is 11.5 Å². The van der Waals surface area contributed by atoms with Gasteiger partial charge in [0.1, 0.15) is 0 Å². The first kappa shape index (κ1) is 24.1. The van der Waals surface area contributed by atoms with E-state index in [0.717, 1.165) is 57.7 Å². The second-order valence-corrected chi connectivity index (χ2v) is 13.7. The van der Waals surface area contributed by atoms with Crippen molar-refractivity contribution >= 4 is 32.8 Å². The van der Waals surface area contributed by atoms with Gasteiger partial charge in [-0.05, 0) is 29.2 Å². The molecule has 0 saturated heterocycles. The third-order valence-electron chi connectivity index (χ3n) is 8.93. The summed E-state index contributed by atoms with van der Waals surface area (Å²) in [6.07, 6.45) is 3.71. The van der Waals surface area contributed by atoms with Gasteiger partial charge >= 0.3 is 194 Å². The van der Waals surface area contributed by atoms with E-state index in [4.69, 9.17) is 13.8 Å². The molecule has 0 fully saturated rings. The van der Waals surface area contributed by atoms with Crippen LogP contribution in [0, 0.1) is 3.80 Å². The molecule has 8 rings (SSSR count). The Morgan fingerprint density at radius 3 is 2.36 bits per heavy atom. The predicted octanol–water partition coefficient (Wildman–Crippen LogP) is 9.18. The number of pyridine rings is 1. The number of imidazole rings is 1. The monoisotopic (exact) mass is 760 g/mol. The van der Waals surface area contributed by atoms with Gasteiger partial charge < -0.3 is 0 Å². The molecular formula is C38H34N4OPt. The first-order chi connectivity index (χ1) is 22.5. The van der Waals surface area contributed by atoms with Crippen molar-refractivity contribution in [1.82, 2.24) is 18.7 Å². The Kier molecular flexibility index (Phi) is 5.58. The van der Waals surface area contributed by atoms with Gasteiger partial charge in [0, 0.05) is 6.20 Å². The minimum atomic E-state index is -2.28.